The maximum Gasteiger partial charge on any atom is 0.281 e. The second kappa shape index (κ2) is 9.42. The van der Waals surface area contributed by atoms with E-state index >= 15 is 0 Å². The summed E-state index contributed by atoms with van der Waals surface area (Å²) in [5.41, 5.74) is 2.05. The van der Waals surface area contributed by atoms with Gasteiger partial charge in [-0.15, -0.1) is 0 Å². The Morgan fingerprint density at radius 1 is 1.28 bits per heavy atom. The number of benzene rings is 2. The molecule has 3 aromatic rings. The molecule has 9 heteroatoms. The number of hydrogen-bond donors (Lipinski definition) is 3. The van der Waals surface area contributed by atoms with Crippen LogP contribution < -0.4 is 14.4 Å². The fraction of sp³-hybridized carbons (Fsp3) is 0.261. The first-order chi connectivity index (χ1) is 15.5. The van der Waals surface area contributed by atoms with Gasteiger partial charge in [0.05, 0.1) is 30.9 Å². The molecular formula is C23H23ClN4O4. The quantitative estimate of drug-likeness (QED) is 0.332. The van der Waals surface area contributed by atoms with Gasteiger partial charge in [-0.25, -0.2) is 0 Å². The molecule has 1 aliphatic carbocycles. The zero-order valence-electron chi connectivity index (χ0n) is 17.4. The standard InChI is InChI=1S/C23H23ClN4O4/c1-31-22-10-17(8-9-21(22)32-12-20(29)15-2-3-15)28(13-25)23(30)19-11-18(26-27-19)14-4-6-16(24)7-5-14/h4-11,13,15,20,25,29H,2-3,12H2,1H3,(H,26,27). The smallest absolute Gasteiger partial charge is 0.281 e. The van der Waals surface area contributed by atoms with Crippen LogP contribution in [0.5, 0.6) is 11.5 Å². The summed E-state index contributed by atoms with van der Waals surface area (Å²) in [5.74, 6) is 0.711. The molecule has 1 saturated carbocycles. The topological polar surface area (TPSA) is 112 Å². The lowest BCUT2D eigenvalue weighted by molar-refractivity contribution is 0.0880. The average Bonchev–Trinajstić information content (AvgIpc) is 3.55. The Bertz CT molecular complexity index is 1110. The van der Waals surface area contributed by atoms with E-state index in [0.717, 1.165) is 24.7 Å². The fourth-order valence-electron chi connectivity index (χ4n) is 3.30. The molecule has 1 amide bonds. The number of aliphatic hydroxyl groups is 1. The zero-order valence-corrected chi connectivity index (χ0v) is 18.2. The molecule has 0 aliphatic heterocycles. The Hall–Kier alpha value is -3.36. The molecule has 1 heterocycles. The van der Waals surface area contributed by atoms with Gasteiger partial charge < -0.3 is 14.6 Å². The molecule has 32 heavy (non-hydrogen) atoms. The largest absolute Gasteiger partial charge is 0.493 e. The van der Waals surface area contributed by atoms with Crippen molar-refractivity contribution < 1.29 is 19.4 Å². The minimum atomic E-state index is -0.505. The highest BCUT2D eigenvalue weighted by Gasteiger charge is 2.30. The summed E-state index contributed by atoms with van der Waals surface area (Å²) < 4.78 is 11.1. The number of methoxy groups -OCH3 is 1. The van der Waals surface area contributed by atoms with E-state index < -0.39 is 12.0 Å². The van der Waals surface area contributed by atoms with Crippen LogP contribution in [-0.4, -0.2) is 47.4 Å². The molecule has 1 aliphatic rings. The monoisotopic (exact) mass is 454 g/mol. The Balaban J connectivity index is 1.51. The second-order valence-electron chi connectivity index (χ2n) is 7.53. The minimum absolute atomic E-state index is 0.176. The van der Waals surface area contributed by atoms with Crippen LogP contribution in [0.3, 0.4) is 0 Å². The van der Waals surface area contributed by atoms with E-state index in [1.807, 2.05) is 12.1 Å². The molecule has 0 bridgehead atoms. The van der Waals surface area contributed by atoms with Gasteiger partial charge in [-0.1, -0.05) is 23.7 Å². The van der Waals surface area contributed by atoms with E-state index in [0.29, 0.717) is 33.8 Å². The second-order valence-corrected chi connectivity index (χ2v) is 7.97. The summed E-state index contributed by atoms with van der Waals surface area (Å²) in [6, 6.07) is 13.7. The van der Waals surface area contributed by atoms with Gasteiger partial charge >= 0.3 is 0 Å². The lowest BCUT2D eigenvalue weighted by atomic mass is 10.1. The highest BCUT2D eigenvalue weighted by Crippen LogP contribution is 2.35. The number of halogens is 1. The number of rotatable bonds is 9. The van der Waals surface area contributed by atoms with Crippen LogP contribution in [0.25, 0.3) is 11.3 Å². The zero-order chi connectivity index (χ0) is 22.7. The van der Waals surface area contributed by atoms with E-state index in [2.05, 4.69) is 10.2 Å². The summed E-state index contributed by atoms with van der Waals surface area (Å²) in [5, 5.41) is 25.3. The van der Waals surface area contributed by atoms with E-state index in [1.165, 1.54) is 12.0 Å². The first-order valence-electron chi connectivity index (χ1n) is 10.1. The van der Waals surface area contributed by atoms with Crippen LogP contribution >= 0.6 is 11.6 Å². The van der Waals surface area contributed by atoms with Gasteiger partial charge in [0.15, 0.2) is 11.5 Å². The Morgan fingerprint density at radius 2 is 2.03 bits per heavy atom. The number of anilines is 1. The molecule has 1 atom stereocenters. The third kappa shape index (κ3) is 4.76. The van der Waals surface area contributed by atoms with Crippen molar-refractivity contribution in [1.82, 2.24) is 10.2 Å². The molecule has 2 aromatic carbocycles. The number of aromatic nitrogens is 2. The maximum atomic E-state index is 13.0. The molecule has 1 aromatic heterocycles. The molecule has 166 valence electrons. The molecule has 8 nitrogen and oxygen atoms in total. The van der Waals surface area contributed by atoms with E-state index in [-0.39, 0.29) is 12.3 Å². The number of aromatic amines is 1. The Kier molecular flexibility index (Phi) is 6.43. The predicted octanol–water partition coefficient (Wildman–Crippen LogP) is 4.14. The van der Waals surface area contributed by atoms with Gasteiger partial charge in [0.1, 0.15) is 12.3 Å². The highest BCUT2D eigenvalue weighted by atomic mass is 35.5. The normalized spacial score (nSPS) is 14.0. The molecule has 0 radical (unpaired) electrons. The summed E-state index contributed by atoms with van der Waals surface area (Å²) in [4.78, 5) is 14.2. The Morgan fingerprint density at radius 3 is 2.69 bits per heavy atom. The number of amides is 1. The van der Waals surface area contributed by atoms with E-state index in [4.69, 9.17) is 26.5 Å². The number of H-pyrrole nitrogens is 1. The van der Waals surface area contributed by atoms with Crippen molar-refractivity contribution in [3.63, 3.8) is 0 Å². The maximum absolute atomic E-state index is 13.0. The molecule has 1 fully saturated rings. The third-order valence-corrected chi connectivity index (χ3v) is 5.55. The van der Waals surface area contributed by atoms with Crippen LogP contribution in [0.15, 0.2) is 48.5 Å². The van der Waals surface area contributed by atoms with E-state index in [1.54, 1.807) is 36.4 Å². The molecule has 1 unspecified atom stereocenters. The van der Waals surface area contributed by atoms with Crippen molar-refractivity contribution in [2.75, 3.05) is 18.6 Å². The number of nitrogens with zero attached hydrogens (tertiary/aromatic N) is 2. The van der Waals surface area contributed by atoms with Crippen molar-refractivity contribution in [1.29, 1.82) is 5.41 Å². The van der Waals surface area contributed by atoms with Crippen molar-refractivity contribution in [2.24, 2.45) is 5.92 Å². The van der Waals surface area contributed by atoms with Crippen LogP contribution in [0, 0.1) is 11.3 Å². The van der Waals surface area contributed by atoms with E-state index in [9.17, 15) is 9.90 Å². The number of ether oxygens (including phenoxy) is 2. The van der Waals surface area contributed by atoms with Crippen molar-refractivity contribution in [3.8, 4) is 22.8 Å². The number of carbonyl (C=O) groups is 1. The van der Waals surface area contributed by atoms with Gasteiger partial charge in [-0.2, -0.15) is 5.10 Å². The summed E-state index contributed by atoms with van der Waals surface area (Å²) in [7, 11) is 1.49. The lowest BCUT2D eigenvalue weighted by Crippen LogP contribution is -2.29. The van der Waals surface area contributed by atoms with Crippen molar-refractivity contribution in [2.45, 2.75) is 18.9 Å². The van der Waals surface area contributed by atoms with Gasteiger partial charge in [-0.3, -0.25) is 20.2 Å². The van der Waals surface area contributed by atoms with Gasteiger partial charge in [0.2, 0.25) is 0 Å². The highest BCUT2D eigenvalue weighted by molar-refractivity contribution is 6.30. The Labute approximate surface area is 190 Å². The minimum Gasteiger partial charge on any atom is -0.493 e. The molecule has 4 rings (SSSR count). The van der Waals surface area contributed by atoms with Crippen molar-refractivity contribution >= 4 is 29.5 Å². The molecule has 0 saturated heterocycles. The molecular weight excluding hydrogens is 432 g/mol. The lowest BCUT2D eigenvalue weighted by Gasteiger charge is -2.19. The van der Waals surface area contributed by atoms with Crippen LogP contribution in [-0.2, 0) is 0 Å². The van der Waals surface area contributed by atoms with Crippen LogP contribution in [0.4, 0.5) is 5.69 Å². The summed E-state index contributed by atoms with van der Waals surface area (Å²) in [6.07, 6.45) is 2.46. The molecule has 3 N–H and O–H groups in total. The summed E-state index contributed by atoms with van der Waals surface area (Å²) in [6.45, 7) is 0.176. The van der Waals surface area contributed by atoms with Crippen molar-refractivity contribution in [3.05, 3.63) is 59.2 Å². The summed E-state index contributed by atoms with van der Waals surface area (Å²) >= 11 is 5.92. The fourth-order valence-corrected chi connectivity index (χ4v) is 3.42. The number of hydrogen-bond acceptors (Lipinski definition) is 6. The number of nitrogens with one attached hydrogen (secondary N) is 2. The predicted molar refractivity (Wildman–Crippen MR) is 122 cm³/mol. The number of aliphatic hydroxyl groups excluding tert-OH is 1. The van der Waals surface area contributed by atoms with Crippen LogP contribution in [0.2, 0.25) is 5.02 Å². The third-order valence-electron chi connectivity index (χ3n) is 5.30. The SMILES string of the molecule is COc1cc(N(C=N)C(=O)c2cc(-c3ccc(Cl)cc3)n[nH]2)ccc1OCC(O)C1CC1. The van der Waals surface area contributed by atoms with Gasteiger partial charge in [0.25, 0.3) is 5.91 Å². The average molecular weight is 455 g/mol. The first kappa shape index (κ1) is 21.9. The van der Waals surface area contributed by atoms with Gasteiger partial charge in [-0.05, 0) is 49.1 Å². The number of carbonyl (C=O) groups excluding carboxylic acids is 1. The molecule has 0 spiro atoms. The first-order valence-corrected chi connectivity index (χ1v) is 10.5. The van der Waals surface area contributed by atoms with Crippen LogP contribution in [0.1, 0.15) is 23.3 Å². The van der Waals surface area contributed by atoms with Gasteiger partial charge in [0, 0.05) is 16.7 Å².